The number of methoxy groups -OCH3 is 2. The van der Waals surface area contributed by atoms with E-state index in [1.165, 1.54) is 14.2 Å². The van der Waals surface area contributed by atoms with E-state index in [0.29, 0.717) is 19.9 Å². The van der Waals surface area contributed by atoms with E-state index in [2.05, 4.69) is 74.0 Å². The lowest BCUT2D eigenvalue weighted by Crippen LogP contribution is -2.51. The van der Waals surface area contributed by atoms with Gasteiger partial charge in [-0.3, -0.25) is 9.69 Å². The van der Waals surface area contributed by atoms with Gasteiger partial charge in [0, 0.05) is 13.1 Å². The fourth-order valence-corrected chi connectivity index (χ4v) is 10.1. The molecule has 7 rings (SSSR count). The summed E-state index contributed by atoms with van der Waals surface area (Å²) < 4.78 is 15.7. The van der Waals surface area contributed by atoms with Crippen LogP contribution in [0.1, 0.15) is 83.5 Å². The zero-order valence-electron chi connectivity index (χ0n) is 35.7. The van der Waals surface area contributed by atoms with Gasteiger partial charge in [0.1, 0.15) is 17.7 Å². The van der Waals surface area contributed by atoms with Crippen LogP contribution in [0, 0.1) is 17.3 Å². The summed E-state index contributed by atoms with van der Waals surface area (Å²) >= 11 is 1.98. The third-order valence-electron chi connectivity index (χ3n) is 12.5. The maximum atomic E-state index is 14.1. The van der Waals surface area contributed by atoms with Crippen LogP contribution in [0.25, 0.3) is 33.6 Å². The van der Waals surface area contributed by atoms with Crippen molar-refractivity contribution in [2.75, 3.05) is 52.2 Å². The molecule has 60 heavy (non-hydrogen) atoms. The number of nitrogens with zero attached hydrogens (tertiary/aromatic N) is 4. The van der Waals surface area contributed by atoms with E-state index in [0.717, 1.165) is 95.4 Å². The normalized spacial score (nSPS) is 20.1. The number of alkyl carbamates (subject to hydrolysis) is 2. The number of carbonyl (C=O) groups is 3. The summed E-state index contributed by atoms with van der Waals surface area (Å²) in [6.07, 6.45) is 7.72. The predicted octanol–water partition coefficient (Wildman–Crippen LogP) is 7.79. The summed E-state index contributed by atoms with van der Waals surface area (Å²) in [6, 6.07) is 16.0. The molecule has 3 aliphatic rings. The minimum Gasteiger partial charge on any atom is -0.453 e. The van der Waals surface area contributed by atoms with Gasteiger partial charge in [-0.1, -0.05) is 76.2 Å². The highest BCUT2D eigenvalue weighted by atomic mass is 32.2. The summed E-state index contributed by atoms with van der Waals surface area (Å²) in [4.78, 5) is 59.2. The molecule has 5 heterocycles. The number of likely N-dealkylation sites (tertiary alicyclic amines) is 2. The molecular weight excluding hydrogens is 781 g/mol. The van der Waals surface area contributed by atoms with E-state index in [9.17, 15) is 14.4 Å². The molecule has 2 aromatic heterocycles. The average molecular weight is 841 g/mol. The molecule has 0 bridgehead atoms. The Balaban J connectivity index is 0.993. The molecule has 3 aliphatic heterocycles. The smallest absolute Gasteiger partial charge is 0.407 e. The predicted molar refractivity (Wildman–Crippen MR) is 233 cm³/mol. The zero-order chi connectivity index (χ0) is 42.4. The molecule has 0 saturated carbocycles. The molecule has 14 nitrogen and oxygen atoms in total. The van der Waals surface area contributed by atoms with Gasteiger partial charge >= 0.3 is 12.2 Å². The number of H-pyrrole nitrogens is 2. The Kier molecular flexibility index (Phi) is 13.9. The summed E-state index contributed by atoms with van der Waals surface area (Å²) in [5.41, 5.74) is 6.17. The Morgan fingerprint density at radius 3 is 1.90 bits per heavy atom. The lowest BCUT2D eigenvalue weighted by molar-refractivity contribution is -0.135. The molecule has 322 valence electrons. The van der Waals surface area contributed by atoms with Gasteiger partial charge in [-0.25, -0.2) is 19.6 Å². The standard InChI is InChI=1S/C45H60N8O6S/c1-28(2)36(50-43(55)57-5)25-59-27-52-19-7-8-37(52)40-46-23-34(48-40)32-13-9-30(10-14-32)31-11-15-33(16-12-31)35-24-47-41(49-35)38-22-45(17-20-60-21-18-45)26-53(38)42(54)39(29(3)4)51-44(56)58-6/h9-16,23-24,28-29,36-39H,7-8,17-22,25-27H2,1-6H3,(H,46,48)(H,47,49)(H,50,55)(H,51,56)/t36-,37+,38?,39+/m1/s1. The van der Waals surface area contributed by atoms with Gasteiger partial charge in [0.25, 0.3) is 0 Å². The van der Waals surface area contributed by atoms with E-state index < -0.39 is 18.2 Å². The molecule has 3 fully saturated rings. The number of carbonyl (C=O) groups excluding carboxylic acids is 3. The first-order chi connectivity index (χ1) is 29.0. The fraction of sp³-hybridized carbons (Fsp3) is 0.533. The molecule has 0 radical (unpaired) electrons. The monoisotopic (exact) mass is 840 g/mol. The minimum atomic E-state index is -0.691. The molecule has 3 amide bonds. The number of amides is 3. The average Bonchev–Trinajstić information content (AvgIpc) is 4.09. The van der Waals surface area contributed by atoms with Crippen molar-refractivity contribution in [1.82, 2.24) is 40.4 Å². The first kappa shape index (κ1) is 43.2. The zero-order valence-corrected chi connectivity index (χ0v) is 36.5. The fourth-order valence-electron chi connectivity index (χ4n) is 8.77. The van der Waals surface area contributed by atoms with E-state index in [1.807, 2.05) is 56.8 Å². The number of hydrogen-bond donors (Lipinski definition) is 4. The molecule has 3 saturated heterocycles. The first-order valence-electron chi connectivity index (χ1n) is 21.2. The van der Waals surface area contributed by atoms with Gasteiger partial charge in [-0.05, 0) is 83.1 Å². The highest BCUT2D eigenvalue weighted by Crippen LogP contribution is 2.50. The number of benzene rings is 2. The van der Waals surface area contributed by atoms with Crippen molar-refractivity contribution in [1.29, 1.82) is 0 Å². The summed E-state index contributed by atoms with van der Waals surface area (Å²) in [7, 11) is 2.68. The third kappa shape index (κ3) is 9.84. The molecule has 1 unspecified atom stereocenters. The summed E-state index contributed by atoms with van der Waals surface area (Å²) in [6.45, 7) is 10.4. The number of rotatable bonds is 14. The number of hydrogen-bond acceptors (Lipinski definition) is 10. The van der Waals surface area contributed by atoms with Crippen LogP contribution in [-0.4, -0.2) is 112 Å². The quantitative estimate of drug-likeness (QED) is 0.0985. The Hall–Kier alpha value is -4.86. The highest BCUT2D eigenvalue weighted by molar-refractivity contribution is 7.99. The number of nitrogens with one attached hydrogen (secondary N) is 4. The number of aromatic nitrogens is 4. The lowest BCUT2D eigenvalue weighted by atomic mass is 9.80. The van der Waals surface area contributed by atoms with E-state index in [1.54, 1.807) is 0 Å². The summed E-state index contributed by atoms with van der Waals surface area (Å²) in [5, 5.41) is 5.65. The highest BCUT2D eigenvalue weighted by Gasteiger charge is 2.49. The van der Waals surface area contributed by atoms with Crippen LogP contribution in [0.2, 0.25) is 0 Å². The van der Waals surface area contributed by atoms with Crippen molar-refractivity contribution in [3.05, 3.63) is 72.6 Å². The largest absolute Gasteiger partial charge is 0.453 e. The SMILES string of the molecule is COC(=O)N[C@H](C(=O)N1CC2(CCSCC2)CC1c1ncc(-c2ccc(-c3ccc(-c4cnc([C@@H]5CCCN5COC[C@@H](NC(=O)OC)C(C)C)[nH]4)cc3)cc2)[nH]1)C(C)C. The molecule has 2 aromatic carbocycles. The van der Waals surface area contributed by atoms with Gasteiger partial charge in [-0.2, -0.15) is 11.8 Å². The number of aromatic amines is 2. The van der Waals surface area contributed by atoms with E-state index in [4.69, 9.17) is 24.2 Å². The van der Waals surface area contributed by atoms with Crippen LogP contribution in [-0.2, 0) is 19.0 Å². The van der Waals surface area contributed by atoms with E-state index in [-0.39, 0.29) is 41.3 Å². The van der Waals surface area contributed by atoms with Gasteiger partial charge in [0.2, 0.25) is 5.91 Å². The van der Waals surface area contributed by atoms with Crippen molar-refractivity contribution in [2.45, 2.75) is 84.0 Å². The van der Waals surface area contributed by atoms with Crippen molar-refractivity contribution < 1.29 is 28.6 Å². The van der Waals surface area contributed by atoms with Crippen LogP contribution in [0.5, 0.6) is 0 Å². The van der Waals surface area contributed by atoms with Crippen molar-refractivity contribution in [3.63, 3.8) is 0 Å². The molecule has 4 N–H and O–H groups in total. The number of imidazole rings is 2. The van der Waals surface area contributed by atoms with Crippen LogP contribution in [0.3, 0.4) is 0 Å². The molecule has 4 atom stereocenters. The number of ether oxygens (including phenoxy) is 3. The maximum absolute atomic E-state index is 14.1. The minimum absolute atomic E-state index is 0.0416. The Bertz CT molecular complexity index is 2060. The lowest BCUT2D eigenvalue weighted by Gasteiger charge is -2.33. The topological polar surface area (TPSA) is 167 Å². The Morgan fingerprint density at radius 1 is 0.800 bits per heavy atom. The third-order valence-corrected chi connectivity index (χ3v) is 13.5. The van der Waals surface area contributed by atoms with Crippen molar-refractivity contribution in [3.8, 4) is 33.6 Å². The first-order valence-corrected chi connectivity index (χ1v) is 22.3. The van der Waals surface area contributed by atoms with Gasteiger partial charge in [-0.15, -0.1) is 0 Å². The van der Waals surface area contributed by atoms with Crippen molar-refractivity contribution in [2.24, 2.45) is 17.3 Å². The second-order valence-electron chi connectivity index (χ2n) is 17.1. The summed E-state index contributed by atoms with van der Waals surface area (Å²) in [5.74, 6) is 3.88. The van der Waals surface area contributed by atoms with Crippen LogP contribution >= 0.6 is 11.8 Å². The Labute approximate surface area is 357 Å². The van der Waals surface area contributed by atoms with Gasteiger partial charge in [0.15, 0.2) is 0 Å². The molecular formula is C45H60N8O6S. The molecule has 4 aromatic rings. The molecule has 1 spiro atoms. The van der Waals surface area contributed by atoms with Gasteiger partial charge < -0.3 is 39.7 Å². The Morgan fingerprint density at radius 2 is 1.35 bits per heavy atom. The maximum Gasteiger partial charge on any atom is 0.407 e. The second-order valence-corrected chi connectivity index (χ2v) is 18.4. The second kappa shape index (κ2) is 19.2. The van der Waals surface area contributed by atoms with Crippen LogP contribution in [0.15, 0.2) is 60.9 Å². The number of thioether (sulfide) groups is 1. The van der Waals surface area contributed by atoms with Crippen LogP contribution in [0.4, 0.5) is 9.59 Å². The van der Waals surface area contributed by atoms with Crippen molar-refractivity contribution >= 4 is 29.9 Å². The van der Waals surface area contributed by atoms with Crippen LogP contribution < -0.4 is 10.6 Å². The van der Waals surface area contributed by atoms with E-state index >= 15 is 0 Å². The molecule has 15 heteroatoms. The molecule has 0 aliphatic carbocycles. The van der Waals surface area contributed by atoms with Gasteiger partial charge in [0.05, 0.1) is 69.5 Å².